The Labute approximate surface area is 278 Å². The van der Waals surface area contributed by atoms with Crippen LogP contribution in [-0.4, -0.2) is 67.2 Å². The molecule has 6 rings (SSSR count). The third-order valence-corrected chi connectivity index (χ3v) is 8.37. The van der Waals surface area contributed by atoms with Gasteiger partial charge in [-0.2, -0.15) is 0 Å². The van der Waals surface area contributed by atoms with Gasteiger partial charge in [0.2, 0.25) is 5.91 Å². The molecule has 3 heterocycles. The molecule has 1 aromatic heterocycles. The molecule has 4 aromatic rings. The number of carbonyl (C=O) groups excluding carboxylic acids is 1. The van der Waals surface area contributed by atoms with Gasteiger partial charge in [0.1, 0.15) is 29.5 Å². The average Bonchev–Trinajstić information content (AvgIpc) is 3.59. The number of amides is 1. The first-order valence-corrected chi connectivity index (χ1v) is 15.7. The number of anilines is 5. The Morgan fingerprint density at radius 2 is 1.79 bits per heavy atom. The van der Waals surface area contributed by atoms with Crippen molar-refractivity contribution in [3.05, 3.63) is 109 Å². The lowest BCUT2D eigenvalue weighted by molar-refractivity contribution is -0.111. The van der Waals surface area contributed by atoms with Crippen molar-refractivity contribution in [3.63, 3.8) is 0 Å². The van der Waals surface area contributed by atoms with Crippen LogP contribution in [0.15, 0.2) is 92.3 Å². The molecule has 48 heavy (non-hydrogen) atoms. The second-order valence-electron chi connectivity index (χ2n) is 11.5. The van der Waals surface area contributed by atoms with Crippen LogP contribution in [0.3, 0.4) is 0 Å². The van der Waals surface area contributed by atoms with E-state index in [1.807, 2.05) is 42.5 Å². The van der Waals surface area contributed by atoms with Crippen LogP contribution in [0.25, 0.3) is 11.1 Å². The zero-order chi connectivity index (χ0) is 33.6. The molecule has 0 bridgehead atoms. The fourth-order valence-corrected chi connectivity index (χ4v) is 6.05. The minimum Gasteiger partial charge on any atom is -0.494 e. The van der Waals surface area contributed by atoms with Gasteiger partial charge < -0.3 is 20.3 Å². The minimum absolute atomic E-state index is 0.201. The number of halogens is 2. The van der Waals surface area contributed by atoms with Crippen molar-refractivity contribution in [3.8, 4) is 16.9 Å². The van der Waals surface area contributed by atoms with E-state index in [1.165, 1.54) is 24.5 Å². The number of piperazine rings is 1. The topological polar surface area (TPSA) is 95.1 Å². The van der Waals surface area contributed by atoms with Crippen LogP contribution < -0.4 is 25.3 Å². The van der Waals surface area contributed by atoms with E-state index in [0.29, 0.717) is 52.9 Å². The number of carbonyl (C=O) groups is 1. The summed E-state index contributed by atoms with van der Waals surface area (Å²) in [6.07, 6.45) is 5.25. The summed E-state index contributed by atoms with van der Waals surface area (Å²) in [5, 5.41) is 7.99. The Morgan fingerprint density at radius 3 is 2.52 bits per heavy atom. The summed E-state index contributed by atoms with van der Waals surface area (Å²) in [4.78, 5) is 31.9. The smallest absolute Gasteiger partial charge is 0.247 e. The number of methoxy groups -OCH3 is 1. The van der Waals surface area contributed by atoms with E-state index in [4.69, 9.17) is 9.57 Å². The summed E-state index contributed by atoms with van der Waals surface area (Å²) in [6, 6.07) is 16.3. The van der Waals surface area contributed by atoms with Crippen LogP contribution in [0.5, 0.6) is 5.75 Å². The molecule has 0 radical (unpaired) electrons. The lowest BCUT2D eigenvalue weighted by Crippen LogP contribution is -2.46. The monoisotopic (exact) mass is 653 g/mol. The quantitative estimate of drug-likeness (QED) is 0.139. The van der Waals surface area contributed by atoms with Crippen LogP contribution in [-0.2, 0) is 9.63 Å². The molecule has 2 aliphatic heterocycles. The molecule has 1 amide bonds. The minimum atomic E-state index is -0.634. The Hall–Kier alpha value is -5.33. The first kappa shape index (κ1) is 32.6. The molecule has 2 aliphatic rings. The van der Waals surface area contributed by atoms with E-state index in [2.05, 4.69) is 43.6 Å². The van der Waals surface area contributed by atoms with Gasteiger partial charge in [-0.1, -0.05) is 30.9 Å². The molecule has 3 aromatic carbocycles. The van der Waals surface area contributed by atoms with E-state index in [-0.39, 0.29) is 11.9 Å². The van der Waals surface area contributed by atoms with Crippen molar-refractivity contribution in [2.75, 3.05) is 67.0 Å². The van der Waals surface area contributed by atoms with Gasteiger partial charge in [0.25, 0.3) is 0 Å². The maximum atomic E-state index is 14.0. The highest BCUT2D eigenvalue weighted by Crippen LogP contribution is 2.40. The van der Waals surface area contributed by atoms with E-state index in [1.54, 1.807) is 18.2 Å². The summed E-state index contributed by atoms with van der Waals surface area (Å²) in [5.74, 6) is -0.0349. The molecule has 2 saturated heterocycles. The van der Waals surface area contributed by atoms with E-state index >= 15 is 0 Å². The molecule has 248 valence electrons. The Morgan fingerprint density at radius 1 is 1.00 bits per heavy atom. The summed E-state index contributed by atoms with van der Waals surface area (Å²) in [7, 11) is 1.59. The third kappa shape index (κ3) is 7.29. The number of aromatic nitrogens is 2. The van der Waals surface area contributed by atoms with Gasteiger partial charge in [0.15, 0.2) is 5.82 Å². The second-order valence-corrected chi connectivity index (χ2v) is 11.5. The predicted octanol–water partition coefficient (Wildman–Crippen LogP) is 6.49. The molecule has 0 aliphatic carbocycles. The Balaban J connectivity index is 1.26. The molecule has 10 nitrogen and oxygen atoms in total. The molecule has 0 spiro atoms. The fourth-order valence-electron chi connectivity index (χ4n) is 6.05. The number of nitrogens with zero attached hydrogens (tertiary/aromatic N) is 5. The van der Waals surface area contributed by atoms with Crippen LogP contribution >= 0.6 is 0 Å². The van der Waals surface area contributed by atoms with Gasteiger partial charge in [-0.3, -0.25) is 14.5 Å². The number of ether oxygens (including phenoxy) is 1. The summed E-state index contributed by atoms with van der Waals surface area (Å²) in [6.45, 7) is 12.0. The molecule has 12 heteroatoms. The largest absolute Gasteiger partial charge is 0.494 e. The summed E-state index contributed by atoms with van der Waals surface area (Å²) >= 11 is 0. The first-order valence-electron chi connectivity index (χ1n) is 15.7. The normalized spacial score (nSPS) is 16.4. The maximum Gasteiger partial charge on any atom is 0.247 e. The zero-order valence-corrected chi connectivity index (χ0v) is 26.7. The number of hydrogen-bond donors (Lipinski definition) is 2. The van der Waals surface area contributed by atoms with Crippen LogP contribution in [0, 0.1) is 11.6 Å². The maximum absolute atomic E-state index is 14.0. The van der Waals surface area contributed by atoms with Crippen LogP contribution in [0.1, 0.15) is 18.0 Å². The van der Waals surface area contributed by atoms with Gasteiger partial charge in [0.05, 0.1) is 36.8 Å². The van der Waals surface area contributed by atoms with Crippen molar-refractivity contribution in [2.24, 2.45) is 0 Å². The molecule has 1 atom stereocenters. The van der Waals surface area contributed by atoms with Gasteiger partial charge in [0, 0.05) is 57.3 Å². The van der Waals surface area contributed by atoms with E-state index in [9.17, 15) is 13.6 Å². The number of benzene rings is 3. The van der Waals surface area contributed by atoms with Crippen molar-refractivity contribution < 1.29 is 23.1 Å². The van der Waals surface area contributed by atoms with E-state index < -0.39 is 11.6 Å². The Bertz CT molecular complexity index is 1790. The zero-order valence-electron chi connectivity index (χ0n) is 26.7. The van der Waals surface area contributed by atoms with Crippen molar-refractivity contribution >= 4 is 34.6 Å². The van der Waals surface area contributed by atoms with E-state index in [0.717, 1.165) is 50.0 Å². The lowest BCUT2D eigenvalue weighted by atomic mass is 9.98. The third-order valence-electron chi connectivity index (χ3n) is 8.37. The highest BCUT2D eigenvalue weighted by Gasteiger charge is 2.30. The van der Waals surface area contributed by atoms with Crippen LogP contribution in [0.4, 0.5) is 37.5 Å². The van der Waals surface area contributed by atoms with Crippen molar-refractivity contribution in [1.82, 2.24) is 14.9 Å². The first-order chi connectivity index (χ1) is 23.3. The van der Waals surface area contributed by atoms with Crippen LogP contribution in [0.2, 0.25) is 0 Å². The molecular weight excluding hydrogens is 616 g/mol. The van der Waals surface area contributed by atoms with Crippen molar-refractivity contribution in [2.45, 2.75) is 12.5 Å². The summed E-state index contributed by atoms with van der Waals surface area (Å²) < 4.78 is 33.7. The van der Waals surface area contributed by atoms with Gasteiger partial charge in [-0.25, -0.2) is 23.8 Å². The van der Waals surface area contributed by atoms with Gasteiger partial charge in [-0.15, -0.1) is 6.58 Å². The lowest BCUT2D eigenvalue weighted by Gasteiger charge is -2.36. The highest BCUT2D eigenvalue weighted by atomic mass is 19.1. The Kier molecular flexibility index (Phi) is 9.93. The molecule has 2 fully saturated rings. The fraction of sp³-hybridized carbons (Fsp3) is 0.250. The number of hydrogen-bond acceptors (Lipinski definition) is 9. The molecular formula is C36H37F2N7O3. The van der Waals surface area contributed by atoms with Gasteiger partial charge >= 0.3 is 0 Å². The average molecular weight is 654 g/mol. The molecule has 2 N–H and O–H groups in total. The predicted molar refractivity (Wildman–Crippen MR) is 184 cm³/mol. The SMILES string of the molecule is C=CCN1CCN(c2cc(OC)c(Nc3cc(N4OCCC4c4cccc(-c5cc(F)cc(F)c5)c4)ncn3)cc2NC(=O)C=C)CC1. The summed E-state index contributed by atoms with van der Waals surface area (Å²) in [5.41, 5.74) is 4.09. The number of rotatable bonds is 11. The number of hydroxylamine groups is 1. The second kappa shape index (κ2) is 14.6. The van der Waals surface area contributed by atoms with Gasteiger partial charge in [-0.05, 0) is 47.0 Å². The number of nitrogens with one attached hydrogen (secondary N) is 2. The standard InChI is InChI=1S/C36H37F2N7O3/c1-4-10-43-11-13-44(14-12-43)32-21-33(47-3)30(20-29(32)42-36(46)5-2)41-34-22-35(40-23-39-34)45-31(9-15-48-45)25-8-6-7-24(16-25)26-17-27(37)19-28(38)18-26/h4-8,16-23,31H,1-2,9-15H2,3H3,(H,42,46)(H,39,40,41). The molecule has 0 saturated carbocycles. The highest BCUT2D eigenvalue weighted by molar-refractivity contribution is 6.02. The van der Waals surface area contributed by atoms with Crippen molar-refractivity contribution in [1.29, 1.82) is 0 Å². The molecule has 1 unspecified atom stereocenters.